The van der Waals surface area contributed by atoms with Crippen molar-refractivity contribution in [1.82, 2.24) is 34.8 Å². The van der Waals surface area contributed by atoms with Crippen molar-refractivity contribution >= 4 is 22.6 Å². The number of nitrogens with one attached hydrogen (secondary N) is 1. The third kappa shape index (κ3) is 3.65. The number of carbonyl (C=O) groups excluding carboxylic acids is 2. The van der Waals surface area contributed by atoms with Crippen LogP contribution in [0.2, 0.25) is 0 Å². The molecule has 1 aliphatic rings. The van der Waals surface area contributed by atoms with E-state index in [-0.39, 0.29) is 16.5 Å². The molecule has 0 radical (unpaired) electrons. The maximum atomic E-state index is 14.6. The predicted molar refractivity (Wildman–Crippen MR) is 114 cm³/mol. The maximum Gasteiger partial charge on any atom is 0.295 e. The Kier molecular flexibility index (Phi) is 5.20. The fraction of sp³-hybridized carbons (Fsp3) is 0.227. The number of pyridine rings is 1. The van der Waals surface area contributed by atoms with Crippen molar-refractivity contribution < 1.29 is 14.0 Å². The van der Waals surface area contributed by atoms with Crippen LogP contribution in [0.3, 0.4) is 0 Å². The van der Waals surface area contributed by atoms with Gasteiger partial charge in [-0.15, -0.1) is 5.10 Å². The normalized spacial score (nSPS) is 14.7. The number of amides is 1. The van der Waals surface area contributed by atoms with Crippen molar-refractivity contribution in [3.8, 4) is 5.82 Å². The summed E-state index contributed by atoms with van der Waals surface area (Å²) in [5.41, 5.74) is 1.46. The Hall–Kier alpha value is -3.92. The highest BCUT2D eigenvalue weighted by atomic mass is 19.1. The van der Waals surface area contributed by atoms with Crippen molar-refractivity contribution in [3.63, 3.8) is 0 Å². The van der Waals surface area contributed by atoms with Crippen LogP contribution in [-0.2, 0) is 11.3 Å². The van der Waals surface area contributed by atoms with Crippen LogP contribution in [0.4, 0.5) is 4.39 Å². The van der Waals surface area contributed by atoms with Crippen molar-refractivity contribution in [2.24, 2.45) is 0 Å². The summed E-state index contributed by atoms with van der Waals surface area (Å²) in [6, 6.07) is 10.1. The van der Waals surface area contributed by atoms with Gasteiger partial charge in [-0.3, -0.25) is 14.5 Å². The van der Waals surface area contributed by atoms with Crippen LogP contribution in [0.15, 0.2) is 55.1 Å². The van der Waals surface area contributed by atoms with E-state index < -0.39 is 17.5 Å². The SMILES string of the molecule is O=C(C(=O)N1CCN(Cc2ccccc2)CC1)c1c[nH]c2c(-n3ccnn3)ncc(F)c12. The molecule has 1 N–H and O–H groups in total. The minimum absolute atomic E-state index is 0.0158. The van der Waals surface area contributed by atoms with Crippen LogP contribution in [0.5, 0.6) is 0 Å². The van der Waals surface area contributed by atoms with E-state index in [1.54, 1.807) is 6.20 Å². The number of hydrogen-bond donors (Lipinski definition) is 1. The van der Waals surface area contributed by atoms with Gasteiger partial charge in [0.1, 0.15) is 0 Å². The number of Topliss-reactive ketones (excluding diaryl/α,β-unsaturated/α-hetero) is 1. The summed E-state index contributed by atoms with van der Waals surface area (Å²) in [5.74, 6) is -1.78. The summed E-state index contributed by atoms with van der Waals surface area (Å²) in [7, 11) is 0. The highest BCUT2D eigenvalue weighted by Gasteiger charge is 2.30. The summed E-state index contributed by atoms with van der Waals surface area (Å²) in [5, 5.41) is 7.61. The van der Waals surface area contributed by atoms with E-state index in [1.165, 1.54) is 27.5 Å². The number of hydrogen-bond acceptors (Lipinski definition) is 6. The number of benzene rings is 1. The molecule has 0 aliphatic carbocycles. The lowest BCUT2D eigenvalue weighted by atomic mass is 10.1. The minimum atomic E-state index is -0.748. The number of carbonyl (C=O) groups is 2. The third-order valence-electron chi connectivity index (χ3n) is 5.63. The first-order valence-electron chi connectivity index (χ1n) is 10.2. The summed E-state index contributed by atoms with van der Waals surface area (Å²) in [4.78, 5) is 36.6. The van der Waals surface area contributed by atoms with Crippen LogP contribution in [0, 0.1) is 5.82 Å². The summed E-state index contributed by atoms with van der Waals surface area (Å²) < 4.78 is 16.0. The zero-order valence-electron chi connectivity index (χ0n) is 17.1. The molecule has 10 heteroatoms. The molecule has 1 saturated heterocycles. The smallest absolute Gasteiger partial charge is 0.295 e. The van der Waals surface area contributed by atoms with Crippen LogP contribution < -0.4 is 0 Å². The molecule has 32 heavy (non-hydrogen) atoms. The number of halogens is 1. The second-order valence-corrected chi connectivity index (χ2v) is 7.61. The van der Waals surface area contributed by atoms with E-state index in [4.69, 9.17) is 0 Å². The van der Waals surface area contributed by atoms with E-state index >= 15 is 0 Å². The molecule has 3 aromatic heterocycles. The lowest BCUT2D eigenvalue weighted by molar-refractivity contribution is -0.128. The Morgan fingerprint density at radius 2 is 1.88 bits per heavy atom. The Labute approximate surface area is 182 Å². The Bertz CT molecular complexity index is 1260. The Morgan fingerprint density at radius 1 is 1.09 bits per heavy atom. The molecular formula is C22H20FN7O2. The fourth-order valence-corrected chi connectivity index (χ4v) is 3.98. The van der Waals surface area contributed by atoms with Gasteiger partial charge in [0.25, 0.3) is 11.7 Å². The van der Waals surface area contributed by atoms with Gasteiger partial charge in [-0.1, -0.05) is 35.5 Å². The van der Waals surface area contributed by atoms with Gasteiger partial charge in [0, 0.05) is 38.9 Å². The fourth-order valence-electron chi connectivity index (χ4n) is 3.98. The molecule has 0 spiro atoms. The van der Waals surface area contributed by atoms with Gasteiger partial charge < -0.3 is 9.88 Å². The van der Waals surface area contributed by atoms with Gasteiger partial charge in [-0.05, 0) is 5.56 Å². The Morgan fingerprint density at radius 3 is 2.59 bits per heavy atom. The van der Waals surface area contributed by atoms with Gasteiger partial charge >= 0.3 is 0 Å². The van der Waals surface area contributed by atoms with Crippen molar-refractivity contribution in [1.29, 1.82) is 0 Å². The lowest BCUT2D eigenvalue weighted by Gasteiger charge is -2.34. The van der Waals surface area contributed by atoms with Crippen molar-refractivity contribution in [3.05, 3.63) is 72.1 Å². The first-order valence-corrected chi connectivity index (χ1v) is 10.2. The van der Waals surface area contributed by atoms with E-state index in [0.29, 0.717) is 32.0 Å². The molecule has 4 aromatic rings. The molecule has 0 saturated carbocycles. The predicted octanol–water partition coefficient (Wildman–Crippen LogP) is 1.81. The van der Waals surface area contributed by atoms with E-state index in [2.05, 4.69) is 37.3 Å². The number of rotatable bonds is 5. The van der Waals surface area contributed by atoms with Crippen molar-refractivity contribution in [2.45, 2.75) is 6.54 Å². The number of aromatic amines is 1. The molecule has 1 amide bonds. The molecule has 9 nitrogen and oxygen atoms in total. The summed E-state index contributed by atoms with van der Waals surface area (Å²) >= 11 is 0. The van der Waals surface area contributed by atoms with Crippen LogP contribution >= 0.6 is 0 Å². The average molecular weight is 433 g/mol. The number of fused-ring (bicyclic) bond motifs is 1. The maximum absolute atomic E-state index is 14.6. The van der Waals surface area contributed by atoms with Gasteiger partial charge in [0.15, 0.2) is 11.6 Å². The van der Waals surface area contributed by atoms with Crippen LogP contribution in [0.1, 0.15) is 15.9 Å². The standard InChI is InChI=1S/C22H20FN7O2/c23-17-13-25-21(30-7-6-26-27-30)19-18(17)16(12-24-19)20(31)22(32)29-10-8-28(9-11-29)14-15-4-2-1-3-5-15/h1-7,12-13,24H,8-11,14H2. The highest BCUT2D eigenvalue weighted by Crippen LogP contribution is 2.26. The third-order valence-corrected chi connectivity index (χ3v) is 5.63. The van der Waals surface area contributed by atoms with Crippen LogP contribution in [0.25, 0.3) is 16.7 Å². The first kappa shape index (κ1) is 20.0. The van der Waals surface area contributed by atoms with Gasteiger partial charge in [-0.25, -0.2) is 14.1 Å². The molecule has 5 rings (SSSR count). The molecule has 1 aliphatic heterocycles. The topological polar surface area (TPSA) is 100 Å². The highest BCUT2D eigenvalue weighted by molar-refractivity contribution is 6.45. The number of nitrogens with zero attached hydrogens (tertiary/aromatic N) is 6. The zero-order chi connectivity index (χ0) is 22.1. The average Bonchev–Trinajstić information content (AvgIpc) is 3.51. The molecule has 4 heterocycles. The van der Waals surface area contributed by atoms with Gasteiger partial charge in [0.2, 0.25) is 0 Å². The molecule has 0 unspecified atom stereocenters. The minimum Gasteiger partial charge on any atom is -0.357 e. The number of H-pyrrole nitrogens is 1. The number of aromatic nitrogens is 5. The van der Waals surface area contributed by atoms with Gasteiger partial charge in [-0.2, -0.15) is 0 Å². The molecular weight excluding hydrogens is 413 g/mol. The quantitative estimate of drug-likeness (QED) is 0.381. The molecule has 162 valence electrons. The monoisotopic (exact) mass is 433 g/mol. The largest absolute Gasteiger partial charge is 0.357 e. The Balaban J connectivity index is 1.33. The lowest BCUT2D eigenvalue weighted by Crippen LogP contribution is -2.50. The summed E-state index contributed by atoms with van der Waals surface area (Å²) in [6.45, 7) is 3.00. The molecule has 1 fully saturated rings. The molecule has 0 atom stereocenters. The van der Waals surface area contributed by atoms with E-state index in [1.807, 2.05) is 18.2 Å². The number of piperazine rings is 1. The van der Waals surface area contributed by atoms with Gasteiger partial charge in [0.05, 0.1) is 35.1 Å². The molecule has 1 aromatic carbocycles. The second-order valence-electron chi connectivity index (χ2n) is 7.61. The van der Waals surface area contributed by atoms with Crippen LogP contribution in [-0.4, -0.2) is 72.6 Å². The van der Waals surface area contributed by atoms with E-state index in [9.17, 15) is 14.0 Å². The first-order chi connectivity index (χ1) is 15.6. The summed E-state index contributed by atoms with van der Waals surface area (Å²) in [6.07, 6.45) is 5.38. The van der Waals surface area contributed by atoms with E-state index in [0.717, 1.165) is 12.7 Å². The second kappa shape index (κ2) is 8.31. The molecule has 0 bridgehead atoms. The van der Waals surface area contributed by atoms with Crippen molar-refractivity contribution in [2.75, 3.05) is 26.2 Å². The zero-order valence-corrected chi connectivity index (χ0v) is 17.1. The number of ketones is 1.